The van der Waals surface area contributed by atoms with Crippen molar-refractivity contribution in [1.82, 2.24) is 9.71 Å². The summed E-state index contributed by atoms with van der Waals surface area (Å²) in [6, 6.07) is 8.16. The van der Waals surface area contributed by atoms with Crippen molar-refractivity contribution in [3.63, 3.8) is 0 Å². The fourth-order valence-corrected chi connectivity index (χ4v) is 3.82. The van der Waals surface area contributed by atoms with Crippen LogP contribution in [0.4, 0.5) is 0 Å². The highest BCUT2D eigenvalue weighted by atomic mass is 32.2. The quantitative estimate of drug-likeness (QED) is 0.471. The van der Waals surface area contributed by atoms with Crippen molar-refractivity contribution in [3.8, 4) is 0 Å². The molecule has 5 nitrogen and oxygen atoms in total. The molecule has 0 aliphatic rings. The van der Waals surface area contributed by atoms with Crippen molar-refractivity contribution < 1.29 is 12.7 Å². The monoisotopic (exact) mass is 378 g/mol. The zero-order valence-corrected chi connectivity index (χ0v) is 16.5. The highest BCUT2D eigenvalue weighted by Crippen LogP contribution is 2.13. The molecule has 6 heteroatoms. The third-order valence-electron chi connectivity index (χ3n) is 4.39. The van der Waals surface area contributed by atoms with Crippen LogP contribution in [0.25, 0.3) is 0 Å². The van der Waals surface area contributed by atoms with E-state index in [4.69, 9.17) is 4.28 Å². The minimum atomic E-state index is -3.83. The Balaban J connectivity index is 1.73. The molecule has 26 heavy (non-hydrogen) atoms. The van der Waals surface area contributed by atoms with E-state index in [1.165, 1.54) is 61.8 Å². The first-order valence-electron chi connectivity index (χ1n) is 9.65. The Morgan fingerprint density at radius 1 is 0.923 bits per heavy atom. The molecule has 0 spiro atoms. The molecule has 0 bridgehead atoms. The minimum Gasteiger partial charge on any atom is -0.283 e. The van der Waals surface area contributed by atoms with E-state index in [0.29, 0.717) is 12.2 Å². The van der Waals surface area contributed by atoms with Crippen molar-refractivity contribution >= 4 is 10.1 Å². The van der Waals surface area contributed by atoms with E-state index >= 15 is 0 Å². The number of benzene rings is 1. The van der Waals surface area contributed by atoms with Crippen molar-refractivity contribution in [2.24, 2.45) is 0 Å². The number of hydrogen-bond acceptors (Lipinski definition) is 4. The zero-order valence-electron chi connectivity index (χ0n) is 15.6. The lowest BCUT2D eigenvalue weighted by Crippen LogP contribution is -2.21. The summed E-state index contributed by atoms with van der Waals surface area (Å²) in [4.78, 5) is 4.38. The number of rotatable bonds is 13. The number of aryl methyl sites for hydroxylation is 1. The van der Waals surface area contributed by atoms with Crippen LogP contribution in [0.3, 0.4) is 0 Å². The molecule has 0 fully saturated rings. The Labute approximate surface area is 157 Å². The van der Waals surface area contributed by atoms with Gasteiger partial charge in [0.25, 0.3) is 0 Å². The van der Waals surface area contributed by atoms with Gasteiger partial charge in [-0.25, -0.2) is 4.98 Å². The van der Waals surface area contributed by atoms with Gasteiger partial charge in [-0.1, -0.05) is 76.5 Å². The number of imidazole rings is 1. The lowest BCUT2D eigenvalue weighted by Gasteiger charge is -2.09. The van der Waals surface area contributed by atoms with Gasteiger partial charge in [0.2, 0.25) is 0 Å². The largest absolute Gasteiger partial charge is 0.357 e. The fourth-order valence-electron chi connectivity index (χ4n) is 2.90. The van der Waals surface area contributed by atoms with Crippen LogP contribution in [-0.2, 0) is 16.5 Å². The molecule has 2 rings (SSSR count). The van der Waals surface area contributed by atoms with Crippen LogP contribution < -0.4 is 4.28 Å². The Hall–Kier alpha value is -1.82. The Bertz CT molecular complexity index is 727. The van der Waals surface area contributed by atoms with Gasteiger partial charge in [-0.3, -0.25) is 4.28 Å². The molecule has 0 N–H and O–H groups in total. The molecular formula is C20H30N2O3S. The van der Waals surface area contributed by atoms with Gasteiger partial charge in [-0.15, -0.1) is 0 Å². The van der Waals surface area contributed by atoms with Crippen LogP contribution in [0.15, 0.2) is 47.6 Å². The van der Waals surface area contributed by atoms with Crippen molar-refractivity contribution in [1.29, 1.82) is 0 Å². The first kappa shape index (κ1) is 20.5. The second kappa shape index (κ2) is 11.0. The summed E-state index contributed by atoms with van der Waals surface area (Å²) in [7, 11) is -3.83. The third-order valence-corrected chi connectivity index (χ3v) is 5.60. The standard InChI is InChI=1S/C20H30N2O3S/c1-2-3-4-5-6-7-8-9-13-16-20-21-17-18-22(20)25-26(23,24)19-14-11-10-12-15-19/h10-12,14-15,17-18H,2-9,13,16H2,1H3. The first-order chi connectivity index (χ1) is 12.6. The summed E-state index contributed by atoms with van der Waals surface area (Å²) in [5.41, 5.74) is 0. The predicted molar refractivity (Wildman–Crippen MR) is 103 cm³/mol. The molecule has 0 radical (unpaired) electrons. The molecule has 0 aliphatic carbocycles. The van der Waals surface area contributed by atoms with E-state index in [-0.39, 0.29) is 4.90 Å². The van der Waals surface area contributed by atoms with Gasteiger partial charge in [0, 0.05) is 12.6 Å². The number of hydrogen-bond donors (Lipinski definition) is 0. The van der Waals surface area contributed by atoms with E-state index in [9.17, 15) is 8.42 Å². The molecule has 1 aromatic heterocycles. The highest BCUT2D eigenvalue weighted by Gasteiger charge is 2.18. The third kappa shape index (κ3) is 6.83. The van der Waals surface area contributed by atoms with Gasteiger partial charge in [0.1, 0.15) is 10.7 Å². The van der Waals surface area contributed by atoms with Crippen LogP contribution in [0, 0.1) is 0 Å². The molecule has 1 aromatic carbocycles. The maximum atomic E-state index is 12.3. The molecule has 0 aliphatic heterocycles. The van der Waals surface area contributed by atoms with Gasteiger partial charge in [-0.2, -0.15) is 13.1 Å². The summed E-state index contributed by atoms with van der Waals surface area (Å²) >= 11 is 0. The first-order valence-corrected chi connectivity index (χ1v) is 11.1. The summed E-state index contributed by atoms with van der Waals surface area (Å²) in [6.07, 6.45) is 15.1. The van der Waals surface area contributed by atoms with E-state index in [1.807, 2.05) is 0 Å². The van der Waals surface area contributed by atoms with Gasteiger partial charge in [0.05, 0.1) is 6.20 Å². The lowest BCUT2D eigenvalue weighted by atomic mass is 10.1. The molecule has 0 saturated heterocycles. The second-order valence-electron chi connectivity index (χ2n) is 6.59. The molecule has 144 valence electrons. The van der Waals surface area contributed by atoms with Gasteiger partial charge in [-0.05, 0) is 18.6 Å². The van der Waals surface area contributed by atoms with Crippen molar-refractivity contribution in [3.05, 3.63) is 48.5 Å². The van der Waals surface area contributed by atoms with Gasteiger partial charge < -0.3 is 0 Å². The van der Waals surface area contributed by atoms with Crippen LogP contribution >= 0.6 is 0 Å². The highest BCUT2D eigenvalue weighted by molar-refractivity contribution is 7.87. The zero-order chi connectivity index (χ0) is 18.7. The van der Waals surface area contributed by atoms with Crippen molar-refractivity contribution in [2.75, 3.05) is 0 Å². The topological polar surface area (TPSA) is 61.2 Å². The smallest absolute Gasteiger partial charge is 0.283 e. The summed E-state index contributed by atoms with van der Waals surface area (Å²) < 4.78 is 31.1. The maximum Gasteiger partial charge on any atom is 0.357 e. The lowest BCUT2D eigenvalue weighted by molar-refractivity contribution is 0.266. The summed E-state index contributed by atoms with van der Waals surface area (Å²) in [5.74, 6) is 0.646. The maximum absolute atomic E-state index is 12.3. The predicted octanol–water partition coefficient (Wildman–Crippen LogP) is 4.77. The molecule has 2 aromatic rings. The van der Waals surface area contributed by atoms with E-state index in [1.54, 1.807) is 30.6 Å². The molecule has 0 unspecified atom stereocenters. The second-order valence-corrected chi connectivity index (χ2v) is 8.12. The van der Waals surface area contributed by atoms with Crippen LogP contribution in [0.5, 0.6) is 0 Å². The molecule has 1 heterocycles. The average molecular weight is 379 g/mol. The summed E-state index contributed by atoms with van der Waals surface area (Å²) in [6.45, 7) is 2.23. The Morgan fingerprint density at radius 2 is 1.54 bits per heavy atom. The molecular weight excluding hydrogens is 348 g/mol. The van der Waals surface area contributed by atoms with E-state index in [0.717, 1.165) is 12.8 Å². The number of unbranched alkanes of at least 4 members (excludes halogenated alkanes) is 8. The minimum absolute atomic E-state index is 0.141. The SMILES string of the molecule is CCCCCCCCCCCc1nccn1OS(=O)(=O)c1ccccc1. The average Bonchev–Trinajstić information content (AvgIpc) is 3.07. The Kier molecular flexibility index (Phi) is 8.68. The van der Waals surface area contributed by atoms with E-state index in [2.05, 4.69) is 11.9 Å². The molecule has 0 amide bonds. The van der Waals surface area contributed by atoms with E-state index < -0.39 is 10.1 Å². The number of nitrogens with zero attached hydrogens (tertiary/aromatic N) is 2. The summed E-state index contributed by atoms with van der Waals surface area (Å²) in [5, 5.41) is 0. The molecule has 0 saturated carbocycles. The normalized spacial score (nSPS) is 11.6. The van der Waals surface area contributed by atoms with Gasteiger partial charge >= 0.3 is 10.1 Å². The van der Waals surface area contributed by atoms with Crippen LogP contribution in [0.2, 0.25) is 0 Å². The fraction of sp³-hybridized carbons (Fsp3) is 0.550. The molecule has 0 atom stereocenters. The Morgan fingerprint density at radius 3 is 2.19 bits per heavy atom. The van der Waals surface area contributed by atoms with Crippen LogP contribution in [0.1, 0.15) is 70.5 Å². The van der Waals surface area contributed by atoms with Crippen LogP contribution in [-0.4, -0.2) is 18.1 Å². The number of aromatic nitrogens is 2. The van der Waals surface area contributed by atoms with Gasteiger partial charge in [0.15, 0.2) is 0 Å². The van der Waals surface area contributed by atoms with Crippen molar-refractivity contribution in [2.45, 2.75) is 76.0 Å².